The van der Waals surface area contributed by atoms with Gasteiger partial charge in [0.05, 0.1) is 27.0 Å². The van der Waals surface area contributed by atoms with E-state index in [1.807, 2.05) is 0 Å². The first-order valence-electron chi connectivity index (χ1n) is 11.8. The van der Waals surface area contributed by atoms with Crippen LogP contribution in [0.15, 0.2) is 36.4 Å². The zero-order chi connectivity index (χ0) is 27.3. The van der Waals surface area contributed by atoms with Crippen molar-refractivity contribution in [2.75, 3.05) is 17.1 Å². The van der Waals surface area contributed by atoms with Crippen molar-refractivity contribution in [2.45, 2.75) is 57.7 Å². The van der Waals surface area contributed by atoms with Crippen LogP contribution < -0.4 is 9.62 Å². The molecule has 0 bridgehead atoms. The topological polar surface area (TPSA) is 86.8 Å². The maximum Gasteiger partial charge on any atom is 0.244 e. The van der Waals surface area contributed by atoms with Crippen LogP contribution in [0.1, 0.15) is 44.6 Å². The zero-order valence-corrected chi connectivity index (χ0v) is 24.4. The Hall–Kier alpha value is -1.71. The highest BCUT2D eigenvalue weighted by atomic mass is 35.5. The largest absolute Gasteiger partial charge is 0.352 e. The number of anilines is 1. The molecule has 2 aromatic rings. The van der Waals surface area contributed by atoms with Gasteiger partial charge in [-0.1, -0.05) is 71.7 Å². The molecule has 1 aliphatic carbocycles. The van der Waals surface area contributed by atoms with Gasteiger partial charge < -0.3 is 10.2 Å². The van der Waals surface area contributed by atoms with Crippen LogP contribution in [0.4, 0.5) is 5.69 Å². The molecule has 2 aromatic carbocycles. The second-order valence-corrected chi connectivity index (χ2v) is 12.7. The van der Waals surface area contributed by atoms with Crippen LogP contribution in [0.5, 0.6) is 0 Å². The van der Waals surface area contributed by atoms with E-state index in [1.165, 1.54) is 23.1 Å². The van der Waals surface area contributed by atoms with Crippen LogP contribution in [0, 0.1) is 0 Å². The Morgan fingerprint density at radius 1 is 0.973 bits per heavy atom. The summed E-state index contributed by atoms with van der Waals surface area (Å²) >= 11 is 24.6. The molecule has 0 heterocycles. The highest BCUT2D eigenvalue weighted by Crippen LogP contribution is 2.31. The molecule has 0 radical (unpaired) electrons. The SMILES string of the molecule is CC(C(=O)NC1CCCCC1)N(Cc1ccc(Cl)c(Cl)c1)C(=O)CN(c1cc(Cl)ccc1Cl)S(C)(=O)=O. The number of carbonyl (C=O) groups is 2. The van der Waals surface area contributed by atoms with Crippen molar-refractivity contribution in [3.05, 3.63) is 62.1 Å². The molecule has 1 N–H and O–H groups in total. The zero-order valence-electron chi connectivity index (χ0n) is 20.5. The van der Waals surface area contributed by atoms with Gasteiger partial charge in [-0.25, -0.2) is 8.42 Å². The molecule has 1 atom stereocenters. The van der Waals surface area contributed by atoms with Gasteiger partial charge >= 0.3 is 0 Å². The van der Waals surface area contributed by atoms with E-state index >= 15 is 0 Å². The second kappa shape index (κ2) is 12.9. The molecule has 0 saturated heterocycles. The maximum absolute atomic E-state index is 13.7. The van der Waals surface area contributed by atoms with Crippen molar-refractivity contribution >= 4 is 73.9 Å². The fourth-order valence-electron chi connectivity index (χ4n) is 4.26. The molecule has 2 amide bonds. The summed E-state index contributed by atoms with van der Waals surface area (Å²) in [4.78, 5) is 28.2. The minimum Gasteiger partial charge on any atom is -0.352 e. The molecule has 202 valence electrons. The van der Waals surface area contributed by atoms with E-state index in [2.05, 4.69) is 5.32 Å². The summed E-state index contributed by atoms with van der Waals surface area (Å²) in [6.07, 6.45) is 5.95. The first-order chi connectivity index (χ1) is 17.4. The maximum atomic E-state index is 13.7. The molecule has 1 fully saturated rings. The molecule has 1 unspecified atom stereocenters. The van der Waals surface area contributed by atoms with E-state index in [0.29, 0.717) is 15.6 Å². The van der Waals surface area contributed by atoms with Crippen molar-refractivity contribution in [1.29, 1.82) is 0 Å². The van der Waals surface area contributed by atoms with Crippen molar-refractivity contribution in [3.8, 4) is 0 Å². The van der Waals surface area contributed by atoms with Gasteiger partial charge in [-0.15, -0.1) is 0 Å². The fraction of sp³-hybridized carbons (Fsp3) is 0.440. The molecule has 12 heteroatoms. The number of sulfonamides is 1. The summed E-state index contributed by atoms with van der Waals surface area (Å²) in [5.41, 5.74) is 0.700. The van der Waals surface area contributed by atoms with Gasteiger partial charge in [0.25, 0.3) is 0 Å². The number of halogens is 4. The molecule has 3 rings (SSSR count). The number of nitrogens with one attached hydrogen (secondary N) is 1. The van der Waals surface area contributed by atoms with Crippen molar-refractivity contribution in [1.82, 2.24) is 10.2 Å². The Bertz CT molecular complexity index is 1250. The predicted molar refractivity (Wildman–Crippen MR) is 150 cm³/mol. The van der Waals surface area contributed by atoms with Crippen LogP contribution in [0.25, 0.3) is 0 Å². The average molecular weight is 609 g/mol. The lowest BCUT2D eigenvalue weighted by molar-refractivity contribution is -0.139. The van der Waals surface area contributed by atoms with E-state index in [-0.39, 0.29) is 34.2 Å². The Kier molecular flexibility index (Phi) is 10.4. The monoisotopic (exact) mass is 607 g/mol. The summed E-state index contributed by atoms with van der Waals surface area (Å²) in [6.45, 7) is 1.04. The highest BCUT2D eigenvalue weighted by Gasteiger charge is 2.32. The van der Waals surface area contributed by atoms with Crippen LogP contribution in [-0.2, 0) is 26.2 Å². The molecular weight excluding hydrogens is 580 g/mol. The van der Waals surface area contributed by atoms with Crippen molar-refractivity contribution < 1.29 is 18.0 Å². The van der Waals surface area contributed by atoms with Gasteiger partial charge in [-0.3, -0.25) is 13.9 Å². The minimum absolute atomic E-state index is 0.00978. The normalized spacial score (nSPS) is 15.2. The lowest BCUT2D eigenvalue weighted by atomic mass is 9.95. The highest BCUT2D eigenvalue weighted by molar-refractivity contribution is 7.92. The van der Waals surface area contributed by atoms with Gasteiger partial charge in [0.1, 0.15) is 12.6 Å². The Morgan fingerprint density at radius 2 is 1.62 bits per heavy atom. The fourth-order valence-corrected chi connectivity index (χ4v) is 5.87. The van der Waals surface area contributed by atoms with Crippen LogP contribution >= 0.6 is 46.4 Å². The third kappa shape index (κ3) is 8.14. The molecule has 1 saturated carbocycles. The summed E-state index contributed by atoms with van der Waals surface area (Å²) in [7, 11) is -3.94. The molecule has 0 aliphatic heterocycles. The van der Waals surface area contributed by atoms with Crippen molar-refractivity contribution in [2.24, 2.45) is 0 Å². The molecule has 0 aromatic heterocycles. The number of nitrogens with zero attached hydrogens (tertiary/aromatic N) is 2. The number of carbonyl (C=O) groups excluding carboxylic acids is 2. The Morgan fingerprint density at radius 3 is 2.24 bits per heavy atom. The summed E-state index contributed by atoms with van der Waals surface area (Å²) < 4.78 is 26.3. The lowest BCUT2D eigenvalue weighted by Gasteiger charge is -2.33. The summed E-state index contributed by atoms with van der Waals surface area (Å²) in [5.74, 6) is -0.911. The van der Waals surface area contributed by atoms with Gasteiger partial charge in [0, 0.05) is 17.6 Å². The molecule has 7 nitrogen and oxygen atoms in total. The number of hydrogen-bond acceptors (Lipinski definition) is 4. The molecule has 37 heavy (non-hydrogen) atoms. The smallest absolute Gasteiger partial charge is 0.244 e. The van der Waals surface area contributed by atoms with Crippen LogP contribution in [0.2, 0.25) is 20.1 Å². The Balaban J connectivity index is 1.92. The number of benzene rings is 2. The number of amides is 2. The van der Waals surface area contributed by atoms with Gasteiger partial charge in [-0.05, 0) is 55.7 Å². The van der Waals surface area contributed by atoms with Crippen LogP contribution in [0.3, 0.4) is 0 Å². The van der Waals surface area contributed by atoms with E-state index < -0.39 is 28.5 Å². The predicted octanol–water partition coefficient (Wildman–Crippen LogP) is 5.93. The molecular formula is C25H29Cl4N3O4S. The second-order valence-electron chi connectivity index (χ2n) is 9.15. The Labute approximate surface area is 238 Å². The number of hydrogen-bond donors (Lipinski definition) is 1. The first kappa shape index (κ1) is 29.8. The lowest BCUT2D eigenvalue weighted by Crippen LogP contribution is -2.53. The van der Waals surface area contributed by atoms with E-state index in [9.17, 15) is 18.0 Å². The van der Waals surface area contributed by atoms with Gasteiger partial charge in [0.15, 0.2) is 0 Å². The summed E-state index contributed by atoms with van der Waals surface area (Å²) in [6, 6.07) is 8.41. The van der Waals surface area contributed by atoms with Crippen LogP contribution in [-0.4, -0.2) is 50.0 Å². The standard InChI is InChI=1S/C25H29Cl4N3O4S/c1-16(25(34)30-19-6-4-3-5-7-19)31(14-17-8-10-20(27)22(29)12-17)24(33)15-32(37(2,35)36)23-13-18(26)9-11-21(23)28/h8-13,16,19H,3-7,14-15H2,1-2H3,(H,30,34). The average Bonchev–Trinajstić information content (AvgIpc) is 2.84. The van der Waals surface area contributed by atoms with E-state index in [0.717, 1.165) is 42.7 Å². The first-order valence-corrected chi connectivity index (χ1v) is 15.2. The molecule has 1 aliphatic rings. The van der Waals surface area contributed by atoms with Gasteiger partial charge in [-0.2, -0.15) is 0 Å². The third-order valence-electron chi connectivity index (χ3n) is 6.31. The van der Waals surface area contributed by atoms with Crippen molar-refractivity contribution in [3.63, 3.8) is 0 Å². The van der Waals surface area contributed by atoms with E-state index in [4.69, 9.17) is 46.4 Å². The van der Waals surface area contributed by atoms with Gasteiger partial charge in [0.2, 0.25) is 21.8 Å². The molecule has 0 spiro atoms. The van der Waals surface area contributed by atoms with E-state index in [1.54, 1.807) is 25.1 Å². The third-order valence-corrected chi connectivity index (χ3v) is 8.73. The number of rotatable bonds is 9. The summed E-state index contributed by atoms with van der Waals surface area (Å²) in [5, 5.41) is 4.06. The minimum atomic E-state index is -3.94. The quantitative estimate of drug-likeness (QED) is 0.382.